The van der Waals surface area contributed by atoms with Gasteiger partial charge in [-0.2, -0.15) is 0 Å². The van der Waals surface area contributed by atoms with E-state index in [4.69, 9.17) is 9.47 Å². The van der Waals surface area contributed by atoms with Crippen LogP contribution in [0.5, 0.6) is 0 Å². The first-order valence-corrected chi connectivity index (χ1v) is 8.26. The molecule has 21 heavy (non-hydrogen) atoms. The van der Waals surface area contributed by atoms with Crippen LogP contribution in [0.3, 0.4) is 0 Å². The summed E-state index contributed by atoms with van der Waals surface area (Å²) in [7, 11) is 0. The first-order chi connectivity index (χ1) is 9.92. The van der Waals surface area contributed by atoms with Crippen molar-refractivity contribution in [2.75, 3.05) is 6.61 Å². The largest absolute Gasteiger partial charge is 0.465 e. The van der Waals surface area contributed by atoms with E-state index in [0.29, 0.717) is 12.5 Å². The summed E-state index contributed by atoms with van der Waals surface area (Å²) in [6, 6.07) is 0. The van der Waals surface area contributed by atoms with Gasteiger partial charge in [0.1, 0.15) is 11.5 Å². The molecule has 0 aromatic heterocycles. The van der Waals surface area contributed by atoms with E-state index in [1.54, 1.807) is 0 Å². The van der Waals surface area contributed by atoms with E-state index in [-0.39, 0.29) is 18.0 Å². The second-order valence-corrected chi connectivity index (χ2v) is 6.60. The first-order valence-electron chi connectivity index (χ1n) is 8.26. The minimum absolute atomic E-state index is 0.170. The minimum Gasteiger partial charge on any atom is -0.465 e. The van der Waals surface area contributed by atoms with Gasteiger partial charge in [0.05, 0.1) is 6.61 Å². The predicted molar refractivity (Wildman–Crippen MR) is 81.8 cm³/mol. The zero-order chi connectivity index (χ0) is 15.9. The molecule has 0 aliphatic heterocycles. The quantitative estimate of drug-likeness (QED) is 0.504. The highest BCUT2D eigenvalue weighted by molar-refractivity contribution is 5.79. The Hall–Kier alpha value is -1.06. The molecule has 0 aromatic carbocycles. The monoisotopic (exact) mass is 298 g/mol. The fraction of sp³-hybridized carbons (Fsp3) is 0.882. The lowest BCUT2D eigenvalue weighted by atomic mass is 9.79. The molecule has 1 fully saturated rings. The van der Waals surface area contributed by atoms with Crippen LogP contribution >= 0.6 is 0 Å². The van der Waals surface area contributed by atoms with Gasteiger partial charge in [0.15, 0.2) is 0 Å². The molecule has 2 unspecified atom stereocenters. The van der Waals surface area contributed by atoms with Gasteiger partial charge in [-0.3, -0.25) is 9.59 Å². The van der Waals surface area contributed by atoms with Gasteiger partial charge in [0.2, 0.25) is 0 Å². The second-order valence-electron chi connectivity index (χ2n) is 6.60. The van der Waals surface area contributed by atoms with Gasteiger partial charge in [-0.25, -0.2) is 0 Å². The van der Waals surface area contributed by atoms with Gasteiger partial charge in [-0.1, -0.05) is 40.0 Å². The van der Waals surface area contributed by atoms with Crippen molar-refractivity contribution in [3.8, 4) is 0 Å². The van der Waals surface area contributed by atoms with Crippen LogP contribution in [0, 0.1) is 11.3 Å². The van der Waals surface area contributed by atoms with Gasteiger partial charge in [0, 0.05) is 6.92 Å². The van der Waals surface area contributed by atoms with E-state index in [1.807, 2.05) is 13.8 Å². The molecule has 0 saturated heterocycles. The molecule has 122 valence electrons. The van der Waals surface area contributed by atoms with Crippen LogP contribution in [0.25, 0.3) is 0 Å². The van der Waals surface area contributed by atoms with Gasteiger partial charge >= 0.3 is 11.9 Å². The number of unbranched alkanes of at least 4 members (excludes halogenated alkanes) is 2. The molecule has 1 aliphatic carbocycles. The number of hydrogen-bond donors (Lipinski definition) is 0. The van der Waals surface area contributed by atoms with Gasteiger partial charge in [0.25, 0.3) is 0 Å². The standard InChI is InChI=1S/C17H30O4/c1-5-6-7-10-17(16(19)20-12-13(2)3)11-8-9-15(17)21-14(4)18/h13,15H,5-12H2,1-4H3. The van der Waals surface area contributed by atoms with Crippen molar-refractivity contribution in [1.82, 2.24) is 0 Å². The van der Waals surface area contributed by atoms with Crippen molar-refractivity contribution < 1.29 is 19.1 Å². The maximum atomic E-state index is 12.6. The smallest absolute Gasteiger partial charge is 0.315 e. The summed E-state index contributed by atoms with van der Waals surface area (Å²) in [6.45, 7) is 8.03. The van der Waals surface area contributed by atoms with E-state index >= 15 is 0 Å². The highest BCUT2D eigenvalue weighted by Crippen LogP contribution is 2.45. The lowest BCUT2D eigenvalue weighted by molar-refractivity contribution is -0.171. The molecule has 0 amide bonds. The zero-order valence-electron chi connectivity index (χ0n) is 13.9. The van der Waals surface area contributed by atoms with Crippen molar-refractivity contribution in [1.29, 1.82) is 0 Å². The summed E-state index contributed by atoms with van der Waals surface area (Å²) in [6.07, 6.45) is 6.07. The molecule has 0 aromatic rings. The van der Waals surface area contributed by atoms with Crippen LogP contribution in [0.4, 0.5) is 0 Å². The van der Waals surface area contributed by atoms with Crippen LogP contribution in [-0.2, 0) is 19.1 Å². The van der Waals surface area contributed by atoms with E-state index in [2.05, 4.69) is 6.92 Å². The van der Waals surface area contributed by atoms with Crippen LogP contribution < -0.4 is 0 Å². The molecular weight excluding hydrogens is 268 g/mol. The third-order valence-electron chi connectivity index (χ3n) is 4.19. The van der Waals surface area contributed by atoms with Crippen LogP contribution in [0.2, 0.25) is 0 Å². The van der Waals surface area contributed by atoms with Crippen LogP contribution in [-0.4, -0.2) is 24.6 Å². The fourth-order valence-electron chi connectivity index (χ4n) is 3.11. The third-order valence-corrected chi connectivity index (χ3v) is 4.19. The number of esters is 2. The Balaban J connectivity index is 2.82. The van der Waals surface area contributed by atoms with E-state index in [1.165, 1.54) is 6.92 Å². The Bertz CT molecular complexity index is 351. The Kier molecular flexibility index (Phi) is 7.20. The summed E-state index contributed by atoms with van der Waals surface area (Å²) in [4.78, 5) is 24.0. The van der Waals surface area contributed by atoms with Gasteiger partial charge in [-0.15, -0.1) is 0 Å². The third kappa shape index (κ3) is 5.01. The number of rotatable bonds is 8. The molecule has 1 aliphatic rings. The number of carbonyl (C=O) groups is 2. The molecule has 4 nitrogen and oxygen atoms in total. The lowest BCUT2D eigenvalue weighted by Crippen LogP contribution is -2.42. The molecule has 4 heteroatoms. The maximum absolute atomic E-state index is 12.6. The van der Waals surface area contributed by atoms with Crippen molar-refractivity contribution >= 4 is 11.9 Å². The van der Waals surface area contributed by atoms with Crippen molar-refractivity contribution in [3.05, 3.63) is 0 Å². The summed E-state index contributed by atoms with van der Waals surface area (Å²) in [5.41, 5.74) is -0.615. The van der Waals surface area contributed by atoms with Crippen LogP contribution in [0.1, 0.15) is 72.6 Å². The molecule has 0 N–H and O–H groups in total. The lowest BCUT2D eigenvalue weighted by Gasteiger charge is -2.33. The molecule has 0 radical (unpaired) electrons. The molecule has 2 atom stereocenters. The normalized spacial score (nSPS) is 25.1. The number of carbonyl (C=O) groups excluding carboxylic acids is 2. The molecule has 1 rings (SSSR count). The Morgan fingerprint density at radius 2 is 2.00 bits per heavy atom. The SMILES string of the molecule is CCCCCC1(C(=O)OCC(C)C)CCCC1OC(C)=O. The highest BCUT2D eigenvalue weighted by atomic mass is 16.6. The van der Waals surface area contributed by atoms with E-state index in [9.17, 15) is 9.59 Å². The maximum Gasteiger partial charge on any atom is 0.315 e. The summed E-state index contributed by atoms with van der Waals surface area (Å²) in [5.74, 6) is -0.162. The van der Waals surface area contributed by atoms with E-state index < -0.39 is 5.41 Å². The molecule has 0 bridgehead atoms. The Labute approximate surface area is 128 Å². The highest BCUT2D eigenvalue weighted by Gasteiger charge is 2.51. The van der Waals surface area contributed by atoms with Gasteiger partial charge < -0.3 is 9.47 Å². The van der Waals surface area contributed by atoms with Gasteiger partial charge in [-0.05, 0) is 31.6 Å². The molecule has 1 saturated carbocycles. The van der Waals surface area contributed by atoms with E-state index in [0.717, 1.165) is 44.9 Å². The number of ether oxygens (including phenoxy) is 2. The number of hydrogen-bond acceptors (Lipinski definition) is 4. The minimum atomic E-state index is -0.615. The Morgan fingerprint density at radius 3 is 2.57 bits per heavy atom. The van der Waals surface area contributed by atoms with Crippen molar-refractivity contribution in [2.45, 2.75) is 78.7 Å². The average Bonchev–Trinajstić information content (AvgIpc) is 2.79. The Morgan fingerprint density at radius 1 is 1.29 bits per heavy atom. The fourth-order valence-corrected chi connectivity index (χ4v) is 3.11. The molecule has 0 spiro atoms. The summed E-state index contributed by atoms with van der Waals surface area (Å²) in [5, 5.41) is 0. The summed E-state index contributed by atoms with van der Waals surface area (Å²) < 4.78 is 10.9. The van der Waals surface area contributed by atoms with Crippen molar-refractivity contribution in [2.24, 2.45) is 11.3 Å². The second kappa shape index (κ2) is 8.40. The average molecular weight is 298 g/mol. The summed E-state index contributed by atoms with van der Waals surface area (Å²) >= 11 is 0. The predicted octanol–water partition coefficient (Wildman–Crippen LogP) is 3.87. The molecular formula is C17H30O4. The topological polar surface area (TPSA) is 52.6 Å². The zero-order valence-corrected chi connectivity index (χ0v) is 13.9. The van der Waals surface area contributed by atoms with Crippen molar-refractivity contribution in [3.63, 3.8) is 0 Å². The van der Waals surface area contributed by atoms with Crippen LogP contribution in [0.15, 0.2) is 0 Å². The first kappa shape index (κ1) is 18.0. The molecule has 0 heterocycles.